The summed E-state index contributed by atoms with van der Waals surface area (Å²) in [7, 11) is 3.85. The van der Waals surface area contributed by atoms with Gasteiger partial charge in [0.1, 0.15) is 23.5 Å². The normalized spacial score (nSPS) is 10.2. The highest BCUT2D eigenvalue weighted by Gasteiger charge is 2.10. The number of benzene rings is 2. The Bertz CT molecular complexity index is 1020. The van der Waals surface area contributed by atoms with Crippen molar-refractivity contribution in [3.8, 4) is 12.1 Å². The molecule has 0 aliphatic carbocycles. The molecule has 2 heterocycles. The molecule has 0 spiro atoms. The number of nitrogens with zero attached hydrogens (tertiary/aromatic N) is 4. The standard InChI is InChI=1S/2C11H10N2/c2*1-8-9-5-3-4-6-10(9)13(2)11(8)7-12/h2*3-6H,1-2H3. The molecule has 0 fully saturated rings. The van der Waals surface area contributed by atoms with Gasteiger partial charge in [0, 0.05) is 35.9 Å². The van der Waals surface area contributed by atoms with E-state index in [1.165, 1.54) is 10.8 Å². The van der Waals surface area contributed by atoms with Crippen LogP contribution >= 0.6 is 0 Å². The van der Waals surface area contributed by atoms with E-state index in [-0.39, 0.29) is 0 Å². The minimum absolute atomic E-state index is 0.751. The Labute approximate surface area is 153 Å². The molecule has 4 nitrogen and oxygen atoms in total. The first-order valence-corrected chi connectivity index (χ1v) is 8.39. The van der Waals surface area contributed by atoms with Crippen LogP contribution in [0.4, 0.5) is 0 Å². The van der Waals surface area contributed by atoms with Crippen molar-refractivity contribution in [2.24, 2.45) is 14.1 Å². The Morgan fingerprint density at radius 1 is 0.654 bits per heavy atom. The molecule has 4 aromatic rings. The lowest BCUT2D eigenvalue weighted by Gasteiger charge is -1.94. The highest BCUT2D eigenvalue weighted by Crippen LogP contribution is 2.24. The minimum Gasteiger partial charge on any atom is -0.335 e. The second-order valence-electron chi connectivity index (χ2n) is 6.32. The molecule has 0 radical (unpaired) electrons. The third-order valence-corrected chi connectivity index (χ3v) is 4.93. The van der Waals surface area contributed by atoms with Gasteiger partial charge in [0.05, 0.1) is 0 Å². The maximum atomic E-state index is 8.93. The van der Waals surface area contributed by atoms with Crippen molar-refractivity contribution in [3.63, 3.8) is 0 Å². The van der Waals surface area contributed by atoms with Crippen LogP contribution in [0.5, 0.6) is 0 Å². The zero-order chi connectivity index (χ0) is 18.8. The number of hydrogen-bond acceptors (Lipinski definition) is 2. The maximum Gasteiger partial charge on any atom is 0.123 e. The summed E-state index contributed by atoms with van der Waals surface area (Å²) in [4.78, 5) is 0. The van der Waals surface area contributed by atoms with E-state index in [4.69, 9.17) is 10.5 Å². The molecule has 4 heteroatoms. The third-order valence-electron chi connectivity index (χ3n) is 4.93. The summed E-state index contributed by atoms with van der Waals surface area (Å²) in [5.41, 5.74) is 5.89. The van der Waals surface area contributed by atoms with Crippen molar-refractivity contribution in [2.45, 2.75) is 13.8 Å². The topological polar surface area (TPSA) is 57.4 Å². The molecule has 0 aliphatic rings. The lowest BCUT2D eigenvalue weighted by molar-refractivity contribution is 0.941. The number of hydrogen-bond donors (Lipinski definition) is 0. The Kier molecular flexibility index (Phi) is 4.52. The van der Waals surface area contributed by atoms with E-state index in [1.54, 1.807) is 0 Å². The Balaban J connectivity index is 0.000000151. The zero-order valence-electron chi connectivity index (χ0n) is 15.4. The summed E-state index contributed by atoms with van der Waals surface area (Å²) in [6.45, 7) is 3.97. The number of nitriles is 2. The molecule has 0 N–H and O–H groups in total. The molecule has 0 aliphatic heterocycles. The van der Waals surface area contributed by atoms with Crippen molar-refractivity contribution in [3.05, 3.63) is 71.0 Å². The van der Waals surface area contributed by atoms with Crippen LogP contribution in [0.3, 0.4) is 0 Å². The van der Waals surface area contributed by atoms with Crippen molar-refractivity contribution in [1.29, 1.82) is 10.5 Å². The highest BCUT2D eigenvalue weighted by atomic mass is 15.0. The maximum absolute atomic E-state index is 8.93. The first-order chi connectivity index (χ1) is 12.5. The number of aromatic nitrogens is 2. The van der Waals surface area contributed by atoms with Gasteiger partial charge in [-0.05, 0) is 37.1 Å². The van der Waals surface area contributed by atoms with Crippen molar-refractivity contribution in [1.82, 2.24) is 9.13 Å². The molecule has 0 atom stereocenters. The molecular formula is C22H20N4. The van der Waals surface area contributed by atoms with Gasteiger partial charge in [-0.1, -0.05) is 36.4 Å². The van der Waals surface area contributed by atoms with Gasteiger partial charge in [-0.25, -0.2) is 0 Å². The molecule has 0 amide bonds. The van der Waals surface area contributed by atoms with Crippen molar-refractivity contribution >= 4 is 21.8 Å². The van der Waals surface area contributed by atoms with Crippen LogP contribution in [0.1, 0.15) is 22.5 Å². The van der Waals surface area contributed by atoms with Crippen LogP contribution in [0.25, 0.3) is 21.8 Å². The van der Waals surface area contributed by atoms with E-state index < -0.39 is 0 Å². The summed E-state index contributed by atoms with van der Waals surface area (Å²) in [6, 6.07) is 20.6. The van der Waals surface area contributed by atoms with Crippen LogP contribution < -0.4 is 0 Å². The SMILES string of the molecule is Cc1c(C#N)n(C)c2ccccc12.Cc1c(C#N)n(C)c2ccccc12. The van der Waals surface area contributed by atoms with Gasteiger partial charge in [-0.15, -0.1) is 0 Å². The minimum atomic E-state index is 0.751. The largest absolute Gasteiger partial charge is 0.335 e. The summed E-state index contributed by atoms with van der Waals surface area (Å²) < 4.78 is 3.87. The van der Waals surface area contributed by atoms with E-state index in [1.807, 2.05) is 85.6 Å². The predicted molar refractivity (Wildman–Crippen MR) is 105 cm³/mol. The van der Waals surface area contributed by atoms with Gasteiger partial charge in [-0.3, -0.25) is 0 Å². The van der Waals surface area contributed by atoms with E-state index in [0.717, 1.165) is 33.5 Å². The molecule has 0 bridgehead atoms. The molecule has 2 aromatic carbocycles. The first kappa shape index (κ1) is 17.3. The van der Waals surface area contributed by atoms with E-state index in [9.17, 15) is 0 Å². The number of aryl methyl sites for hydroxylation is 4. The zero-order valence-corrected chi connectivity index (χ0v) is 15.4. The van der Waals surface area contributed by atoms with Crippen LogP contribution in [0.15, 0.2) is 48.5 Å². The van der Waals surface area contributed by atoms with Gasteiger partial charge in [0.25, 0.3) is 0 Å². The average Bonchev–Trinajstić information content (AvgIpc) is 3.07. The van der Waals surface area contributed by atoms with Crippen molar-refractivity contribution < 1.29 is 0 Å². The monoisotopic (exact) mass is 340 g/mol. The second-order valence-corrected chi connectivity index (χ2v) is 6.32. The predicted octanol–water partition coefficient (Wildman–Crippen LogP) is 4.72. The Hall–Kier alpha value is -3.50. The quantitative estimate of drug-likeness (QED) is 0.465. The highest BCUT2D eigenvalue weighted by molar-refractivity contribution is 5.87. The Morgan fingerprint density at radius 3 is 1.31 bits per heavy atom. The first-order valence-electron chi connectivity index (χ1n) is 8.39. The van der Waals surface area contributed by atoms with Gasteiger partial charge >= 0.3 is 0 Å². The van der Waals surface area contributed by atoms with Gasteiger partial charge in [-0.2, -0.15) is 10.5 Å². The number of para-hydroxylation sites is 2. The fourth-order valence-corrected chi connectivity index (χ4v) is 3.48. The molecule has 26 heavy (non-hydrogen) atoms. The fourth-order valence-electron chi connectivity index (χ4n) is 3.48. The van der Waals surface area contributed by atoms with Crippen LogP contribution in [-0.4, -0.2) is 9.13 Å². The molecule has 0 saturated heterocycles. The van der Waals surface area contributed by atoms with Crippen LogP contribution in [0, 0.1) is 36.5 Å². The molecule has 4 rings (SSSR count). The van der Waals surface area contributed by atoms with Gasteiger partial charge in [0.15, 0.2) is 0 Å². The van der Waals surface area contributed by atoms with Crippen molar-refractivity contribution in [2.75, 3.05) is 0 Å². The third kappa shape index (κ3) is 2.62. The molecule has 128 valence electrons. The van der Waals surface area contributed by atoms with Crippen LogP contribution in [-0.2, 0) is 14.1 Å². The molecular weight excluding hydrogens is 320 g/mol. The average molecular weight is 340 g/mol. The van der Waals surface area contributed by atoms with Gasteiger partial charge < -0.3 is 9.13 Å². The second kappa shape index (κ2) is 6.78. The van der Waals surface area contributed by atoms with E-state index in [0.29, 0.717) is 0 Å². The molecule has 2 aromatic heterocycles. The Morgan fingerprint density at radius 2 is 1.00 bits per heavy atom. The van der Waals surface area contributed by atoms with Gasteiger partial charge in [0.2, 0.25) is 0 Å². The fraction of sp³-hybridized carbons (Fsp3) is 0.182. The van der Waals surface area contributed by atoms with E-state index in [2.05, 4.69) is 12.1 Å². The van der Waals surface area contributed by atoms with E-state index >= 15 is 0 Å². The van der Waals surface area contributed by atoms with Crippen LogP contribution in [0.2, 0.25) is 0 Å². The lowest BCUT2D eigenvalue weighted by Crippen LogP contribution is -1.91. The summed E-state index contributed by atoms with van der Waals surface area (Å²) >= 11 is 0. The smallest absolute Gasteiger partial charge is 0.123 e. The molecule has 0 saturated carbocycles. The summed E-state index contributed by atoms with van der Waals surface area (Å²) in [6.07, 6.45) is 0. The summed E-state index contributed by atoms with van der Waals surface area (Å²) in [5, 5.41) is 20.2. The number of fused-ring (bicyclic) bond motifs is 2. The summed E-state index contributed by atoms with van der Waals surface area (Å²) in [5.74, 6) is 0. The number of rotatable bonds is 0. The molecule has 0 unspecified atom stereocenters. The lowest BCUT2D eigenvalue weighted by atomic mass is 10.1.